The standard InChI is InChI=1S/C13H27NO/c1-4-10-14-12(2)13(8-9-13)7-5-6-11-15-3/h12,14H,4-11H2,1-3H3. The smallest absolute Gasteiger partial charge is 0.0462 e. The second-order valence-corrected chi connectivity index (χ2v) is 4.99. The van der Waals surface area contributed by atoms with Crippen molar-refractivity contribution in [3.63, 3.8) is 0 Å². The Kier molecular flexibility index (Phi) is 5.62. The van der Waals surface area contributed by atoms with Gasteiger partial charge in [0.2, 0.25) is 0 Å². The van der Waals surface area contributed by atoms with Crippen LogP contribution in [0.5, 0.6) is 0 Å². The van der Waals surface area contributed by atoms with Gasteiger partial charge in [-0.1, -0.05) is 13.3 Å². The summed E-state index contributed by atoms with van der Waals surface area (Å²) in [5.41, 5.74) is 0.642. The van der Waals surface area contributed by atoms with Crippen molar-refractivity contribution in [2.24, 2.45) is 5.41 Å². The van der Waals surface area contributed by atoms with Gasteiger partial charge in [-0.3, -0.25) is 0 Å². The molecule has 0 aromatic rings. The normalized spacial score (nSPS) is 20.2. The molecule has 0 amide bonds. The van der Waals surface area contributed by atoms with Crippen molar-refractivity contribution in [1.82, 2.24) is 5.32 Å². The first-order valence-corrected chi connectivity index (χ1v) is 6.47. The van der Waals surface area contributed by atoms with Gasteiger partial charge in [-0.15, -0.1) is 0 Å². The summed E-state index contributed by atoms with van der Waals surface area (Å²) in [7, 11) is 1.79. The molecule has 1 fully saturated rings. The van der Waals surface area contributed by atoms with Crippen LogP contribution in [0.3, 0.4) is 0 Å². The Morgan fingerprint density at radius 1 is 1.33 bits per heavy atom. The third kappa shape index (κ3) is 4.12. The number of nitrogens with one attached hydrogen (secondary N) is 1. The van der Waals surface area contributed by atoms with Crippen LogP contribution < -0.4 is 5.32 Å². The van der Waals surface area contributed by atoms with Crippen molar-refractivity contribution >= 4 is 0 Å². The van der Waals surface area contributed by atoms with Crippen molar-refractivity contribution in [2.45, 2.75) is 58.4 Å². The Hall–Kier alpha value is -0.0800. The molecule has 0 spiro atoms. The first kappa shape index (κ1) is 13.0. The van der Waals surface area contributed by atoms with E-state index >= 15 is 0 Å². The van der Waals surface area contributed by atoms with Gasteiger partial charge in [0.15, 0.2) is 0 Å². The van der Waals surface area contributed by atoms with Gasteiger partial charge in [-0.2, -0.15) is 0 Å². The van der Waals surface area contributed by atoms with Gasteiger partial charge in [0.1, 0.15) is 0 Å². The van der Waals surface area contributed by atoms with Gasteiger partial charge in [0.05, 0.1) is 0 Å². The molecular weight excluding hydrogens is 186 g/mol. The Balaban J connectivity index is 2.14. The molecule has 2 heteroatoms. The van der Waals surface area contributed by atoms with Crippen molar-refractivity contribution in [1.29, 1.82) is 0 Å². The van der Waals surface area contributed by atoms with Crippen LogP contribution in [0.2, 0.25) is 0 Å². The Morgan fingerprint density at radius 3 is 2.60 bits per heavy atom. The zero-order chi connectivity index (χ0) is 11.1. The molecule has 1 aliphatic rings. The van der Waals surface area contributed by atoms with Gasteiger partial charge in [0, 0.05) is 19.8 Å². The minimum absolute atomic E-state index is 0.642. The maximum Gasteiger partial charge on any atom is 0.0462 e. The molecule has 0 aromatic carbocycles. The highest BCUT2D eigenvalue weighted by molar-refractivity contribution is 5.00. The molecule has 1 aliphatic carbocycles. The minimum atomic E-state index is 0.642. The average molecular weight is 213 g/mol. The summed E-state index contributed by atoms with van der Waals surface area (Å²) in [6.07, 6.45) is 8.03. The van der Waals surface area contributed by atoms with E-state index < -0.39 is 0 Å². The van der Waals surface area contributed by atoms with Crippen LogP contribution in [-0.4, -0.2) is 26.3 Å². The monoisotopic (exact) mass is 213 g/mol. The number of methoxy groups -OCH3 is 1. The molecule has 15 heavy (non-hydrogen) atoms. The topological polar surface area (TPSA) is 21.3 Å². The fraction of sp³-hybridized carbons (Fsp3) is 1.00. The van der Waals surface area contributed by atoms with Gasteiger partial charge < -0.3 is 10.1 Å². The van der Waals surface area contributed by atoms with Crippen LogP contribution in [0, 0.1) is 5.41 Å². The van der Waals surface area contributed by atoms with E-state index in [1.54, 1.807) is 7.11 Å². The fourth-order valence-corrected chi connectivity index (χ4v) is 2.36. The molecule has 0 heterocycles. The van der Waals surface area contributed by atoms with E-state index in [1.165, 1.54) is 45.1 Å². The highest BCUT2D eigenvalue weighted by atomic mass is 16.5. The van der Waals surface area contributed by atoms with E-state index in [4.69, 9.17) is 4.74 Å². The van der Waals surface area contributed by atoms with Crippen molar-refractivity contribution in [3.05, 3.63) is 0 Å². The van der Waals surface area contributed by atoms with Crippen LogP contribution in [0.1, 0.15) is 52.4 Å². The number of unbranched alkanes of at least 4 members (excludes halogenated alkanes) is 1. The van der Waals surface area contributed by atoms with Crippen molar-refractivity contribution < 1.29 is 4.74 Å². The van der Waals surface area contributed by atoms with E-state index in [2.05, 4.69) is 19.2 Å². The second-order valence-electron chi connectivity index (χ2n) is 4.99. The van der Waals surface area contributed by atoms with Crippen LogP contribution >= 0.6 is 0 Å². The highest BCUT2D eigenvalue weighted by Gasteiger charge is 2.45. The zero-order valence-corrected chi connectivity index (χ0v) is 10.6. The lowest BCUT2D eigenvalue weighted by Gasteiger charge is -2.24. The minimum Gasteiger partial charge on any atom is -0.385 e. The third-order valence-electron chi connectivity index (χ3n) is 3.78. The fourth-order valence-electron chi connectivity index (χ4n) is 2.36. The molecule has 1 atom stereocenters. The highest BCUT2D eigenvalue weighted by Crippen LogP contribution is 2.52. The summed E-state index contributed by atoms with van der Waals surface area (Å²) in [5.74, 6) is 0. The van der Waals surface area contributed by atoms with E-state index in [9.17, 15) is 0 Å². The summed E-state index contributed by atoms with van der Waals surface area (Å²) < 4.78 is 5.09. The molecule has 1 unspecified atom stereocenters. The van der Waals surface area contributed by atoms with Gasteiger partial charge in [-0.05, 0) is 51.0 Å². The predicted molar refractivity (Wildman–Crippen MR) is 65.1 cm³/mol. The van der Waals surface area contributed by atoms with Crippen LogP contribution in [0.15, 0.2) is 0 Å². The molecule has 1 rings (SSSR count). The van der Waals surface area contributed by atoms with Gasteiger partial charge in [0.25, 0.3) is 0 Å². The van der Waals surface area contributed by atoms with Crippen LogP contribution in [0.25, 0.3) is 0 Å². The van der Waals surface area contributed by atoms with Crippen molar-refractivity contribution in [3.8, 4) is 0 Å². The second kappa shape index (κ2) is 6.49. The van der Waals surface area contributed by atoms with E-state index in [-0.39, 0.29) is 0 Å². The van der Waals surface area contributed by atoms with Crippen molar-refractivity contribution in [2.75, 3.05) is 20.3 Å². The van der Waals surface area contributed by atoms with Crippen LogP contribution in [-0.2, 0) is 4.74 Å². The van der Waals surface area contributed by atoms with Gasteiger partial charge in [-0.25, -0.2) is 0 Å². The van der Waals surface area contributed by atoms with E-state index in [0.717, 1.165) is 6.61 Å². The molecular formula is C13H27NO. The SMILES string of the molecule is CCCNC(C)C1(CCCCOC)CC1. The predicted octanol–water partition coefficient (Wildman–Crippen LogP) is 2.97. The lowest BCUT2D eigenvalue weighted by Crippen LogP contribution is -2.35. The zero-order valence-electron chi connectivity index (χ0n) is 10.6. The molecule has 1 saturated carbocycles. The maximum absolute atomic E-state index is 5.09. The first-order chi connectivity index (χ1) is 7.25. The molecule has 1 N–H and O–H groups in total. The molecule has 2 nitrogen and oxygen atoms in total. The van der Waals surface area contributed by atoms with Gasteiger partial charge >= 0.3 is 0 Å². The summed E-state index contributed by atoms with van der Waals surface area (Å²) >= 11 is 0. The lowest BCUT2D eigenvalue weighted by atomic mass is 9.91. The van der Waals surface area contributed by atoms with E-state index in [0.29, 0.717) is 11.5 Å². The maximum atomic E-state index is 5.09. The Bertz CT molecular complexity index is 166. The molecule has 0 aliphatic heterocycles. The summed E-state index contributed by atoms with van der Waals surface area (Å²) in [6, 6.07) is 0.708. The third-order valence-corrected chi connectivity index (χ3v) is 3.78. The Labute approximate surface area is 94.8 Å². The molecule has 0 aromatic heterocycles. The number of rotatable bonds is 9. The summed E-state index contributed by atoms with van der Waals surface area (Å²) in [4.78, 5) is 0. The summed E-state index contributed by atoms with van der Waals surface area (Å²) in [5, 5.41) is 3.64. The Morgan fingerprint density at radius 2 is 2.07 bits per heavy atom. The molecule has 90 valence electrons. The van der Waals surface area contributed by atoms with E-state index in [1.807, 2.05) is 0 Å². The first-order valence-electron chi connectivity index (χ1n) is 6.47. The molecule has 0 radical (unpaired) electrons. The lowest BCUT2D eigenvalue weighted by molar-refractivity contribution is 0.187. The number of ether oxygens (including phenoxy) is 1. The quantitative estimate of drug-likeness (QED) is 0.595. The largest absolute Gasteiger partial charge is 0.385 e. The number of hydrogen-bond acceptors (Lipinski definition) is 2. The molecule has 0 bridgehead atoms. The molecule has 0 saturated heterocycles. The van der Waals surface area contributed by atoms with Crippen LogP contribution in [0.4, 0.5) is 0 Å². The summed E-state index contributed by atoms with van der Waals surface area (Å²) in [6.45, 7) is 6.69. The number of hydrogen-bond donors (Lipinski definition) is 1. The average Bonchev–Trinajstić information content (AvgIpc) is 3.02.